The molecule has 2 fully saturated rings. The minimum Gasteiger partial charge on any atom is -0.336 e. The van der Waals surface area contributed by atoms with Crippen molar-refractivity contribution in [2.45, 2.75) is 25.4 Å². The smallest absolute Gasteiger partial charge is 0.317 e. The second kappa shape index (κ2) is 4.77. The van der Waals surface area contributed by atoms with Crippen LogP contribution in [0.3, 0.4) is 0 Å². The van der Waals surface area contributed by atoms with E-state index < -0.39 is 0 Å². The zero-order chi connectivity index (χ0) is 11.1. The maximum Gasteiger partial charge on any atom is 0.317 e. The Labute approximate surface area is 103 Å². The quantitative estimate of drug-likeness (QED) is 0.715. The maximum atomic E-state index is 11.4. The van der Waals surface area contributed by atoms with Gasteiger partial charge in [0.05, 0.1) is 6.04 Å². The van der Waals surface area contributed by atoms with Crippen LogP contribution in [0.15, 0.2) is 0 Å². The molecule has 0 aliphatic carbocycles. The highest BCUT2D eigenvalue weighted by atomic mass is 35.5. The molecule has 2 aliphatic rings. The third-order valence-corrected chi connectivity index (χ3v) is 2.95. The number of piperazine rings is 1. The number of hydrogen-bond donors (Lipinski definition) is 2. The van der Waals surface area contributed by atoms with Crippen molar-refractivity contribution >= 4 is 18.4 Å². The molecule has 2 rings (SSSR count). The average molecular weight is 249 g/mol. The van der Waals surface area contributed by atoms with Crippen LogP contribution in [0.1, 0.15) is 13.8 Å². The molecule has 3 N–H and O–H groups in total. The van der Waals surface area contributed by atoms with Crippen molar-refractivity contribution in [3.05, 3.63) is 0 Å². The summed E-state index contributed by atoms with van der Waals surface area (Å²) in [4.78, 5) is 15.7. The Kier molecular flexibility index (Phi) is 4.04. The molecular weight excluding hydrogens is 228 g/mol. The number of fused-ring (bicyclic) bond motifs is 1. The van der Waals surface area contributed by atoms with Gasteiger partial charge in [0.2, 0.25) is 0 Å². The number of nitrogens with zero attached hydrogens (tertiary/aromatic N) is 2. The Balaban J connectivity index is 0.00000128. The van der Waals surface area contributed by atoms with Gasteiger partial charge in [-0.3, -0.25) is 4.90 Å². The summed E-state index contributed by atoms with van der Waals surface area (Å²) in [7, 11) is 0. The topological polar surface area (TPSA) is 61.6 Å². The van der Waals surface area contributed by atoms with E-state index in [2.05, 4.69) is 10.2 Å². The molecule has 16 heavy (non-hydrogen) atoms. The lowest BCUT2D eigenvalue weighted by atomic mass is 10.1. The van der Waals surface area contributed by atoms with Crippen LogP contribution in [-0.4, -0.2) is 60.1 Å². The summed E-state index contributed by atoms with van der Waals surface area (Å²) in [6, 6.07) is 0.431. The van der Waals surface area contributed by atoms with Gasteiger partial charge in [0.25, 0.3) is 0 Å². The molecule has 0 bridgehead atoms. The zero-order valence-corrected chi connectivity index (χ0v) is 10.7. The van der Waals surface area contributed by atoms with E-state index in [4.69, 9.17) is 5.73 Å². The number of halogens is 1. The Hall–Kier alpha value is -0.520. The summed E-state index contributed by atoms with van der Waals surface area (Å²) in [5, 5.41) is 2.87. The highest BCUT2D eigenvalue weighted by Gasteiger charge is 2.36. The lowest BCUT2D eigenvalue weighted by molar-refractivity contribution is 0.107. The van der Waals surface area contributed by atoms with E-state index >= 15 is 0 Å². The number of carbonyl (C=O) groups excluding carboxylic acids is 1. The summed E-state index contributed by atoms with van der Waals surface area (Å²) in [6.45, 7) is 8.46. The number of hydrogen-bond acceptors (Lipinski definition) is 3. The van der Waals surface area contributed by atoms with E-state index in [0.717, 1.165) is 32.7 Å². The van der Waals surface area contributed by atoms with Crippen molar-refractivity contribution in [3.8, 4) is 0 Å². The molecule has 0 aromatic rings. The lowest BCUT2D eigenvalue weighted by Gasteiger charge is -2.39. The van der Waals surface area contributed by atoms with Crippen LogP contribution in [0.4, 0.5) is 4.79 Å². The van der Waals surface area contributed by atoms with E-state index in [1.54, 1.807) is 0 Å². The molecule has 2 amide bonds. The number of nitrogens with two attached hydrogens (primary N) is 1. The summed E-state index contributed by atoms with van der Waals surface area (Å²) in [5.41, 5.74) is 5.84. The van der Waals surface area contributed by atoms with Gasteiger partial charge in [0.15, 0.2) is 0 Å². The van der Waals surface area contributed by atoms with Crippen molar-refractivity contribution in [2.24, 2.45) is 5.73 Å². The SMILES string of the molecule is CC(C)(N)CN1CCN2C(=O)NCC2C1.Cl. The molecule has 0 saturated carbocycles. The van der Waals surface area contributed by atoms with E-state index in [-0.39, 0.29) is 24.0 Å². The van der Waals surface area contributed by atoms with Gasteiger partial charge in [-0.2, -0.15) is 0 Å². The van der Waals surface area contributed by atoms with Crippen LogP contribution in [0.25, 0.3) is 0 Å². The fourth-order valence-corrected chi connectivity index (χ4v) is 2.39. The lowest BCUT2D eigenvalue weighted by Crippen LogP contribution is -2.56. The first-order chi connectivity index (χ1) is 6.96. The van der Waals surface area contributed by atoms with E-state index in [1.165, 1.54) is 0 Å². The molecule has 0 radical (unpaired) electrons. The molecule has 5 nitrogen and oxygen atoms in total. The predicted molar refractivity (Wildman–Crippen MR) is 65.8 cm³/mol. The molecule has 94 valence electrons. The first-order valence-corrected chi connectivity index (χ1v) is 5.51. The summed E-state index contributed by atoms with van der Waals surface area (Å²) in [5.74, 6) is 0. The first-order valence-electron chi connectivity index (χ1n) is 5.51. The number of amides is 2. The molecule has 0 aromatic carbocycles. The molecule has 6 heteroatoms. The summed E-state index contributed by atoms with van der Waals surface area (Å²) >= 11 is 0. The van der Waals surface area contributed by atoms with Crippen molar-refractivity contribution in [1.82, 2.24) is 15.1 Å². The molecule has 1 atom stereocenters. The Bertz CT molecular complexity index is 266. The number of nitrogens with one attached hydrogen (secondary N) is 1. The van der Waals surface area contributed by atoms with Crippen LogP contribution < -0.4 is 11.1 Å². The van der Waals surface area contributed by atoms with Gasteiger partial charge in [-0.1, -0.05) is 0 Å². The predicted octanol–water partition coefficient (Wildman–Crippen LogP) is -0.145. The van der Waals surface area contributed by atoms with E-state index in [1.807, 2.05) is 18.7 Å². The van der Waals surface area contributed by atoms with Crippen molar-refractivity contribution in [2.75, 3.05) is 32.7 Å². The Morgan fingerprint density at radius 1 is 1.50 bits per heavy atom. The van der Waals surface area contributed by atoms with Crippen LogP contribution in [0.2, 0.25) is 0 Å². The van der Waals surface area contributed by atoms with Crippen molar-refractivity contribution < 1.29 is 4.79 Å². The first kappa shape index (κ1) is 13.5. The third kappa shape index (κ3) is 2.99. The van der Waals surface area contributed by atoms with Crippen LogP contribution >= 0.6 is 12.4 Å². The second-order valence-corrected chi connectivity index (χ2v) is 5.26. The van der Waals surface area contributed by atoms with Crippen LogP contribution in [0, 0.1) is 0 Å². The molecule has 0 aromatic heterocycles. The summed E-state index contributed by atoms with van der Waals surface area (Å²) in [6.07, 6.45) is 0. The second-order valence-electron chi connectivity index (χ2n) is 5.26. The van der Waals surface area contributed by atoms with Gasteiger partial charge in [-0.05, 0) is 13.8 Å². The van der Waals surface area contributed by atoms with Crippen LogP contribution in [0.5, 0.6) is 0 Å². The summed E-state index contributed by atoms with van der Waals surface area (Å²) < 4.78 is 0. The van der Waals surface area contributed by atoms with Crippen molar-refractivity contribution in [3.63, 3.8) is 0 Å². The number of carbonyl (C=O) groups is 1. The fraction of sp³-hybridized carbons (Fsp3) is 0.900. The van der Waals surface area contributed by atoms with E-state index in [9.17, 15) is 4.79 Å². The Morgan fingerprint density at radius 3 is 2.81 bits per heavy atom. The number of urea groups is 1. The van der Waals surface area contributed by atoms with Crippen LogP contribution in [-0.2, 0) is 0 Å². The minimum atomic E-state index is -0.155. The van der Waals surface area contributed by atoms with Gasteiger partial charge in [0, 0.05) is 38.3 Å². The third-order valence-electron chi connectivity index (χ3n) is 2.95. The van der Waals surface area contributed by atoms with E-state index in [0.29, 0.717) is 6.04 Å². The van der Waals surface area contributed by atoms with Gasteiger partial charge < -0.3 is 16.0 Å². The molecule has 1 unspecified atom stereocenters. The minimum absolute atomic E-state index is 0. The highest BCUT2D eigenvalue weighted by Crippen LogP contribution is 2.15. The maximum absolute atomic E-state index is 11.4. The van der Waals surface area contributed by atoms with Gasteiger partial charge in [0.1, 0.15) is 0 Å². The van der Waals surface area contributed by atoms with Crippen molar-refractivity contribution in [1.29, 1.82) is 0 Å². The molecular formula is C10H21ClN4O. The van der Waals surface area contributed by atoms with Gasteiger partial charge >= 0.3 is 6.03 Å². The normalized spacial score (nSPS) is 26.1. The molecule has 2 heterocycles. The standard InChI is InChI=1S/C10H20N4O.ClH/c1-10(2,11)7-13-3-4-14-8(6-13)5-12-9(14)15;/h8H,3-7,11H2,1-2H3,(H,12,15);1H. The monoisotopic (exact) mass is 248 g/mol. The van der Waals surface area contributed by atoms with Gasteiger partial charge in [-0.15, -0.1) is 12.4 Å². The molecule has 0 spiro atoms. The highest BCUT2D eigenvalue weighted by molar-refractivity contribution is 5.85. The largest absolute Gasteiger partial charge is 0.336 e. The molecule has 2 aliphatic heterocycles. The molecule has 2 saturated heterocycles. The average Bonchev–Trinajstić information content (AvgIpc) is 2.45. The van der Waals surface area contributed by atoms with Gasteiger partial charge in [-0.25, -0.2) is 4.79 Å². The Morgan fingerprint density at radius 2 is 2.19 bits per heavy atom. The number of rotatable bonds is 2. The fourth-order valence-electron chi connectivity index (χ4n) is 2.39. The zero-order valence-electron chi connectivity index (χ0n) is 9.90.